The lowest BCUT2D eigenvalue weighted by Crippen LogP contribution is -2.50. The fraction of sp³-hybridized carbons (Fsp3) is 0.611. The van der Waals surface area contributed by atoms with E-state index in [9.17, 15) is 4.79 Å². The number of nitrogens with two attached hydrogens (primary N) is 1. The summed E-state index contributed by atoms with van der Waals surface area (Å²) in [4.78, 5) is 14.4. The SMILES string of the molecule is CC(C)(C)OC(=O)N1[C@@H]2CC[C@H]1C[C@H](Oc1ccc(N)cc1)C2. The molecule has 126 valence electrons. The highest BCUT2D eigenvalue weighted by atomic mass is 16.6. The summed E-state index contributed by atoms with van der Waals surface area (Å²) in [7, 11) is 0. The fourth-order valence-corrected chi connectivity index (χ4v) is 3.57. The lowest BCUT2D eigenvalue weighted by Gasteiger charge is -2.39. The van der Waals surface area contributed by atoms with Gasteiger partial charge in [-0.1, -0.05) is 0 Å². The smallest absolute Gasteiger partial charge is 0.410 e. The van der Waals surface area contributed by atoms with E-state index < -0.39 is 5.60 Å². The fourth-order valence-electron chi connectivity index (χ4n) is 3.57. The van der Waals surface area contributed by atoms with Gasteiger partial charge in [-0.05, 0) is 57.9 Å². The molecule has 2 heterocycles. The summed E-state index contributed by atoms with van der Waals surface area (Å²) in [5.74, 6) is 0.842. The molecular formula is C18H26N2O3. The highest BCUT2D eigenvalue weighted by Gasteiger charge is 2.45. The first-order valence-electron chi connectivity index (χ1n) is 8.35. The van der Waals surface area contributed by atoms with Crippen LogP contribution in [0.25, 0.3) is 0 Å². The van der Waals surface area contributed by atoms with Crippen molar-refractivity contribution >= 4 is 11.8 Å². The lowest BCUT2D eigenvalue weighted by molar-refractivity contribution is -0.00707. The van der Waals surface area contributed by atoms with Gasteiger partial charge >= 0.3 is 6.09 Å². The van der Waals surface area contributed by atoms with Crippen LogP contribution in [0.5, 0.6) is 5.75 Å². The van der Waals surface area contributed by atoms with Crippen molar-refractivity contribution in [3.8, 4) is 5.75 Å². The average Bonchev–Trinajstić information content (AvgIpc) is 2.72. The van der Waals surface area contributed by atoms with Gasteiger partial charge in [-0.3, -0.25) is 0 Å². The highest BCUT2D eigenvalue weighted by Crippen LogP contribution is 2.38. The Morgan fingerprint density at radius 2 is 1.70 bits per heavy atom. The molecule has 0 unspecified atom stereocenters. The van der Waals surface area contributed by atoms with E-state index >= 15 is 0 Å². The van der Waals surface area contributed by atoms with Crippen molar-refractivity contribution < 1.29 is 14.3 Å². The van der Waals surface area contributed by atoms with E-state index in [1.165, 1.54) is 0 Å². The second-order valence-electron chi connectivity index (χ2n) is 7.55. The first-order chi connectivity index (χ1) is 10.8. The maximum Gasteiger partial charge on any atom is 0.410 e. The molecule has 0 aromatic heterocycles. The number of piperidine rings is 1. The van der Waals surface area contributed by atoms with Gasteiger partial charge in [-0.25, -0.2) is 4.79 Å². The van der Waals surface area contributed by atoms with E-state index in [0.717, 1.165) is 37.1 Å². The third-order valence-electron chi connectivity index (χ3n) is 4.48. The number of amides is 1. The van der Waals surface area contributed by atoms with Crippen LogP contribution in [0.3, 0.4) is 0 Å². The second-order valence-corrected chi connectivity index (χ2v) is 7.55. The molecule has 2 N–H and O–H groups in total. The van der Waals surface area contributed by atoms with Crippen molar-refractivity contribution in [2.45, 2.75) is 70.2 Å². The molecule has 2 saturated heterocycles. The van der Waals surface area contributed by atoms with Gasteiger partial charge in [0.05, 0.1) is 0 Å². The zero-order valence-corrected chi connectivity index (χ0v) is 14.1. The van der Waals surface area contributed by atoms with Gasteiger partial charge in [0, 0.05) is 30.6 Å². The summed E-state index contributed by atoms with van der Waals surface area (Å²) in [5, 5.41) is 0. The van der Waals surface area contributed by atoms with Crippen LogP contribution in [-0.4, -0.2) is 34.8 Å². The second kappa shape index (κ2) is 5.95. The van der Waals surface area contributed by atoms with Gasteiger partial charge in [-0.15, -0.1) is 0 Å². The summed E-state index contributed by atoms with van der Waals surface area (Å²) in [6.07, 6.45) is 3.75. The molecule has 2 bridgehead atoms. The Balaban J connectivity index is 1.62. The Morgan fingerprint density at radius 3 is 2.22 bits per heavy atom. The van der Waals surface area contributed by atoms with E-state index in [-0.39, 0.29) is 24.3 Å². The number of nitrogens with zero attached hydrogens (tertiary/aromatic N) is 1. The Hall–Kier alpha value is -1.91. The molecule has 3 rings (SSSR count). The average molecular weight is 318 g/mol. The quantitative estimate of drug-likeness (QED) is 0.847. The minimum atomic E-state index is -0.451. The first-order valence-corrected chi connectivity index (χ1v) is 8.35. The lowest BCUT2D eigenvalue weighted by atomic mass is 10.00. The van der Waals surface area contributed by atoms with Crippen molar-refractivity contribution in [1.82, 2.24) is 4.90 Å². The van der Waals surface area contributed by atoms with Crippen molar-refractivity contribution in [3.63, 3.8) is 0 Å². The summed E-state index contributed by atoms with van der Waals surface area (Å²) >= 11 is 0. The number of nitrogen functional groups attached to an aromatic ring is 1. The largest absolute Gasteiger partial charge is 0.490 e. The van der Waals surface area contributed by atoms with Crippen LogP contribution >= 0.6 is 0 Å². The highest BCUT2D eigenvalue weighted by molar-refractivity contribution is 5.69. The molecule has 0 saturated carbocycles. The van der Waals surface area contributed by atoms with E-state index in [1.807, 2.05) is 49.9 Å². The Bertz CT molecular complexity index is 551. The predicted molar refractivity (Wildman–Crippen MR) is 89.4 cm³/mol. The third kappa shape index (κ3) is 3.71. The number of carbonyl (C=O) groups is 1. The van der Waals surface area contributed by atoms with E-state index in [2.05, 4.69) is 0 Å². The number of carbonyl (C=O) groups excluding carboxylic acids is 1. The molecule has 2 aliphatic heterocycles. The zero-order valence-electron chi connectivity index (χ0n) is 14.1. The number of benzene rings is 1. The molecule has 1 aromatic carbocycles. The van der Waals surface area contributed by atoms with Crippen LogP contribution in [-0.2, 0) is 4.74 Å². The van der Waals surface area contributed by atoms with Crippen LogP contribution in [0.2, 0.25) is 0 Å². The number of hydrogen-bond acceptors (Lipinski definition) is 4. The first kappa shape index (κ1) is 16.0. The molecule has 0 aliphatic carbocycles. The topological polar surface area (TPSA) is 64.8 Å². The molecule has 1 aromatic rings. The van der Waals surface area contributed by atoms with Gasteiger partial charge in [0.25, 0.3) is 0 Å². The number of rotatable bonds is 2. The van der Waals surface area contributed by atoms with Crippen LogP contribution in [0, 0.1) is 0 Å². The number of anilines is 1. The zero-order chi connectivity index (χ0) is 16.6. The predicted octanol–water partition coefficient (Wildman–Crippen LogP) is 3.58. The summed E-state index contributed by atoms with van der Waals surface area (Å²) in [6, 6.07) is 7.94. The van der Waals surface area contributed by atoms with E-state index in [4.69, 9.17) is 15.2 Å². The van der Waals surface area contributed by atoms with Crippen LogP contribution in [0.1, 0.15) is 46.5 Å². The summed E-state index contributed by atoms with van der Waals surface area (Å²) < 4.78 is 11.6. The molecular weight excluding hydrogens is 292 g/mol. The molecule has 1 amide bonds. The minimum Gasteiger partial charge on any atom is -0.490 e. The van der Waals surface area contributed by atoms with E-state index in [1.54, 1.807) is 0 Å². The van der Waals surface area contributed by atoms with Gasteiger partial charge in [0.15, 0.2) is 0 Å². The Kier molecular flexibility index (Phi) is 4.13. The third-order valence-corrected chi connectivity index (χ3v) is 4.48. The molecule has 2 fully saturated rings. The van der Waals surface area contributed by atoms with Gasteiger partial charge in [0.2, 0.25) is 0 Å². The van der Waals surface area contributed by atoms with Gasteiger partial charge in [-0.2, -0.15) is 0 Å². The van der Waals surface area contributed by atoms with Gasteiger partial charge < -0.3 is 20.1 Å². The molecule has 5 heteroatoms. The molecule has 3 atom stereocenters. The van der Waals surface area contributed by atoms with Crippen molar-refractivity contribution in [1.29, 1.82) is 0 Å². The number of fused-ring (bicyclic) bond motifs is 2. The van der Waals surface area contributed by atoms with Crippen LogP contribution < -0.4 is 10.5 Å². The molecule has 0 radical (unpaired) electrons. The minimum absolute atomic E-state index is 0.148. The molecule has 23 heavy (non-hydrogen) atoms. The standard InChI is InChI=1S/C18H26N2O3/c1-18(2,3)23-17(21)20-13-6-7-14(20)11-16(10-13)22-15-8-4-12(19)5-9-15/h4-5,8-9,13-14,16H,6-7,10-11,19H2,1-3H3/t13-,14+,16-. The summed E-state index contributed by atoms with van der Waals surface area (Å²) in [5.41, 5.74) is 5.99. The Labute approximate surface area is 137 Å². The molecule has 5 nitrogen and oxygen atoms in total. The van der Waals surface area contributed by atoms with Crippen LogP contribution in [0.4, 0.5) is 10.5 Å². The van der Waals surface area contributed by atoms with Crippen molar-refractivity contribution in [3.05, 3.63) is 24.3 Å². The normalized spacial score (nSPS) is 26.9. The van der Waals surface area contributed by atoms with E-state index in [0.29, 0.717) is 0 Å². The maximum atomic E-state index is 12.4. The summed E-state index contributed by atoms with van der Waals surface area (Å²) in [6.45, 7) is 5.72. The van der Waals surface area contributed by atoms with Crippen LogP contribution in [0.15, 0.2) is 24.3 Å². The van der Waals surface area contributed by atoms with Crippen molar-refractivity contribution in [2.75, 3.05) is 5.73 Å². The monoisotopic (exact) mass is 318 g/mol. The Morgan fingerprint density at radius 1 is 1.13 bits per heavy atom. The number of ether oxygens (including phenoxy) is 2. The molecule has 0 spiro atoms. The maximum absolute atomic E-state index is 12.4. The van der Waals surface area contributed by atoms with Crippen molar-refractivity contribution in [2.24, 2.45) is 0 Å². The number of hydrogen-bond donors (Lipinski definition) is 1. The van der Waals surface area contributed by atoms with Gasteiger partial charge in [0.1, 0.15) is 17.5 Å². The molecule has 2 aliphatic rings.